The average Bonchev–Trinajstić information content (AvgIpc) is 3.09. The van der Waals surface area contributed by atoms with E-state index in [0.717, 1.165) is 28.7 Å². The minimum Gasteiger partial charge on any atom is -0.507 e. The summed E-state index contributed by atoms with van der Waals surface area (Å²) < 4.78 is 5.69. The Morgan fingerprint density at radius 3 is 2.41 bits per heavy atom. The minimum absolute atomic E-state index is 0.0926. The fraction of sp³-hybridized carbons (Fsp3) is 0.250. The van der Waals surface area contributed by atoms with Gasteiger partial charge in [0.15, 0.2) is 0 Å². The maximum absolute atomic E-state index is 13.3. The Morgan fingerprint density at radius 1 is 1.03 bits per heavy atom. The lowest BCUT2D eigenvalue weighted by Crippen LogP contribution is -2.29. The first kappa shape index (κ1) is 23.2. The third-order valence-electron chi connectivity index (χ3n) is 5.96. The van der Waals surface area contributed by atoms with Gasteiger partial charge in [-0.25, -0.2) is 0 Å². The fourth-order valence-electron chi connectivity index (χ4n) is 4.18. The number of amides is 1. The molecule has 1 fully saturated rings. The van der Waals surface area contributed by atoms with E-state index in [2.05, 4.69) is 4.98 Å². The van der Waals surface area contributed by atoms with Gasteiger partial charge in [0.05, 0.1) is 18.2 Å². The number of aliphatic hydroxyl groups is 1. The molecule has 174 valence electrons. The summed E-state index contributed by atoms with van der Waals surface area (Å²) in [7, 11) is 0. The number of Topliss-reactive ketones (excluding diaryl/α,β-unsaturated/α-hetero) is 1. The number of ether oxygens (including phenoxy) is 1. The van der Waals surface area contributed by atoms with Crippen LogP contribution in [0.25, 0.3) is 5.76 Å². The van der Waals surface area contributed by atoms with E-state index >= 15 is 0 Å². The van der Waals surface area contributed by atoms with Gasteiger partial charge in [0.2, 0.25) is 0 Å². The number of aliphatic hydroxyl groups excluding tert-OH is 1. The zero-order valence-corrected chi connectivity index (χ0v) is 19.6. The molecule has 6 heteroatoms. The highest BCUT2D eigenvalue weighted by molar-refractivity contribution is 6.46. The number of hydrogen-bond donors (Lipinski definition) is 1. The van der Waals surface area contributed by atoms with Crippen LogP contribution in [0, 0.1) is 13.8 Å². The summed E-state index contributed by atoms with van der Waals surface area (Å²) in [6.45, 7) is 6.65. The lowest BCUT2D eigenvalue weighted by molar-refractivity contribution is -0.140. The predicted octanol–water partition coefficient (Wildman–Crippen LogP) is 5.11. The number of pyridine rings is 1. The quantitative estimate of drug-likeness (QED) is 0.304. The number of likely N-dealkylation sites (tertiary alicyclic amines) is 1. The van der Waals surface area contributed by atoms with Crippen LogP contribution in [-0.2, 0) is 16.1 Å². The van der Waals surface area contributed by atoms with Crippen molar-refractivity contribution in [2.24, 2.45) is 0 Å². The molecule has 1 unspecified atom stereocenters. The van der Waals surface area contributed by atoms with Gasteiger partial charge < -0.3 is 14.7 Å². The van der Waals surface area contributed by atoms with Crippen molar-refractivity contribution in [2.45, 2.75) is 39.8 Å². The molecule has 0 spiro atoms. The summed E-state index contributed by atoms with van der Waals surface area (Å²) >= 11 is 0. The Morgan fingerprint density at radius 2 is 1.74 bits per heavy atom. The van der Waals surface area contributed by atoms with E-state index in [0.29, 0.717) is 17.9 Å². The summed E-state index contributed by atoms with van der Waals surface area (Å²) in [6, 6.07) is 15.9. The molecule has 6 nitrogen and oxygen atoms in total. The van der Waals surface area contributed by atoms with Gasteiger partial charge in [-0.1, -0.05) is 36.8 Å². The minimum atomic E-state index is -0.728. The molecule has 0 bridgehead atoms. The predicted molar refractivity (Wildman–Crippen MR) is 130 cm³/mol. The molecule has 1 atom stereocenters. The van der Waals surface area contributed by atoms with Crippen LogP contribution in [-0.4, -0.2) is 33.3 Å². The van der Waals surface area contributed by atoms with E-state index in [9.17, 15) is 14.7 Å². The topological polar surface area (TPSA) is 79.7 Å². The molecule has 1 amide bonds. The van der Waals surface area contributed by atoms with E-state index in [4.69, 9.17) is 4.74 Å². The molecule has 1 aliphatic heterocycles. The molecule has 1 saturated heterocycles. The summed E-state index contributed by atoms with van der Waals surface area (Å²) in [5, 5.41) is 11.3. The zero-order chi connectivity index (χ0) is 24.2. The van der Waals surface area contributed by atoms with Crippen molar-refractivity contribution in [3.63, 3.8) is 0 Å². The Labute approximate surface area is 199 Å². The van der Waals surface area contributed by atoms with Gasteiger partial charge in [0, 0.05) is 24.5 Å². The van der Waals surface area contributed by atoms with Crippen LogP contribution in [0.5, 0.6) is 5.75 Å². The second kappa shape index (κ2) is 9.91. The summed E-state index contributed by atoms with van der Waals surface area (Å²) in [4.78, 5) is 32.0. The highest BCUT2D eigenvalue weighted by Crippen LogP contribution is 2.41. The van der Waals surface area contributed by atoms with Gasteiger partial charge in [-0.15, -0.1) is 0 Å². The van der Waals surface area contributed by atoms with Crippen LogP contribution in [0.4, 0.5) is 0 Å². The molecule has 2 heterocycles. The van der Waals surface area contributed by atoms with Gasteiger partial charge in [0.1, 0.15) is 11.5 Å². The molecular weight excluding hydrogens is 428 g/mol. The van der Waals surface area contributed by atoms with E-state index in [1.54, 1.807) is 12.4 Å². The van der Waals surface area contributed by atoms with Crippen LogP contribution in [0.15, 0.2) is 72.6 Å². The number of aromatic nitrogens is 1. The second-order valence-electron chi connectivity index (χ2n) is 8.52. The maximum Gasteiger partial charge on any atom is 0.295 e. The SMILES string of the molecule is CCCOc1ccc(C2/C(=C(\O)c3cc(C)ccc3C)C(=O)C(=O)N2Cc2ccncc2)cc1. The smallest absolute Gasteiger partial charge is 0.295 e. The molecule has 4 rings (SSSR count). The highest BCUT2D eigenvalue weighted by Gasteiger charge is 2.46. The number of aryl methyl sites for hydroxylation is 2. The van der Waals surface area contributed by atoms with Crippen molar-refractivity contribution in [1.29, 1.82) is 0 Å². The Bertz CT molecular complexity index is 1230. The van der Waals surface area contributed by atoms with Crippen molar-refractivity contribution in [3.05, 3.63) is 100 Å². The van der Waals surface area contributed by atoms with Crippen molar-refractivity contribution < 1.29 is 19.4 Å². The molecule has 2 aromatic carbocycles. The van der Waals surface area contributed by atoms with Gasteiger partial charge in [-0.2, -0.15) is 0 Å². The standard InChI is InChI=1S/C28H28N2O4/c1-4-15-34-22-9-7-21(8-10-22)25-24(26(31)23-16-18(2)5-6-19(23)3)27(32)28(33)30(25)17-20-11-13-29-14-12-20/h5-14,16,25,31H,4,15,17H2,1-3H3/b26-24+. The lowest BCUT2D eigenvalue weighted by atomic mass is 9.93. The number of hydrogen-bond acceptors (Lipinski definition) is 5. The fourth-order valence-corrected chi connectivity index (χ4v) is 4.18. The monoisotopic (exact) mass is 456 g/mol. The normalized spacial score (nSPS) is 17.3. The first-order valence-corrected chi connectivity index (χ1v) is 11.4. The van der Waals surface area contributed by atoms with Gasteiger partial charge in [-0.05, 0) is 67.3 Å². The number of rotatable bonds is 7. The van der Waals surface area contributed by atoms with Crippen LogP contribution < -0.4 is 4.74 Å². The summed E-state index contributed by atoms with van der Waals surface area (Å²) in [6.07, 6.45) is 4.19. The van der Waals surface area contributed by atoms with E-state index < -0.39 is 17.7 Å². The third-order valence-corrected chi connectivity index (χ3v) is 5.96. The van der Waals surface area contributed by atoms with Gasteiger partial charge >= 0.3 is 0 Å². The van der Waals surface area contributed by atoms with Gasteiger partial charge in [0.25, 0.3) is 11.7 Å². The Balaban J connectivity index is 1.84. The van der Waals surface area contributed by atoms with Crippen LogP contribution >= 0.6 is 0 Å². The van der Waals surface area contributed by atoms with Crippen molar-refractivity contribution in [1.82, 2.24) is 9.88 Å². The zero-order valence-electron chi connectivity index (χ0n) is 19.6. The Kier molecular flexibility index (Phi) is 6.77. The average molecular weight is 457 g/mol. The first-order valence-electron chi connectivity index (χ1n) is 11.4. The molecule has 34 heavy (non-hydrogen) atoms. The van der Waals surface area contributed by atoms with E-state index in [1.165, 1.54) is 4.90 Å². The molecule has 3 aromatic rings. The van der Waals surface area contributed by atoms with Gasteiger partial charge in [-0.3, -0.25) is 14.6 Å². The number of benzene rings is 2. The molecular formula is C28H28N2O4. The van der Waals surface area contributed by atoms with Crippen molar-refractivity contribution >= 4 is 17.4 Å². The Hall–Kier alpha value is -3.93. The van der Waals surface area contributed by atoms with E-state index in [-0.39, 0.29) is 17.9 Å². The lowest BCUT2D eigenvalue weighted by Gasteiger charge is -2.25. The van der Waals surface area contributed by atoms with Crippen molar-refractivity contribution in [2.75, 3.05) is 6.61 Å². The second-order valence-corrected chi connectivity index (χ2v) is 8.52. The van der Waals surface area contributed by atoms with Crippen LogP contribution in [0.2, 0.25) is 0 Å². The molecule has 1 aromatic heterocycles. The number of nitrogens with zero attached hydrogens (tertiary/aromatic N) is 2. The van der Waals surface area contributed by atoms with Crippen molar-refractivity contribution in [3.8, 4) is 5.75 Å². The van der Waals surface area contributed by atoms with E-state index in [1.807, 2.05) is 75.4 Å². The molecule has 0 aliphatic carbocycles. The molecule has 1 N–H and O–H groups in total. The first-order chi connectivity index (χ1) is 16.4. The maximum atomic E-state index is 13.3. The number of carbonyl (C=O) groups is 2. The van der Waals surface area contributed by atoms with Crippen LogP contribution in [0.3, 0.4) is 0 Å². The largest absolute Gasteiger partial charge is 0.507 e. The third kappa shape index (κ3) is 4.57. The molecule has 0 saturated carbocycles. The molecule has 1 aliphatic rings. The number of carbonyl (C=O) groups excluding carboxylic acids is 2. The highest BCUT2D eigenvalue weighted by atomic mass is 16.5. The number of ketones is 1. The van der Waals surface area contributed by atoms with Crippen LogP contribution in [0.1, 0.15) is 47.2 Å². The summed E-state index contributed by atoms with van der Waals surface area (Å²) in [5.74, 6) is -0.775. The summed E-state index contributed by atoms with van der Waals surface area (Å²) in [5.41, 5.74) is 3.99. The molecule has 0 radical (unpaired) electrons.